The van der Waals surface area contributed by atoms with Crippen molar-refractivity contribution in [3.05, 3.63) is 44.9 Å². The Kier molecular flexibility index (Phi) is 2.97. The maximum absolute atomic E-state index is 12.2. The van der Waals surface area contributed by atoms with Crippen molar-refractivity contribution in [2.75, 3.05) is 0 Å². The van der Waals surface area contributed by atoms with E-state index in [1.54, 1.807) is 12.1 Å². The molecular weight excluding hydrogens is 320 g/mol. The van der Waals surface area contributed by atoms with Crippen LogP contribution in [-0.2, 0) is 0 Å². The smallest absolute Gasteiger partial charge is 0.262 e. The molecule has 0 aliphatic heterocycles. The summed E-state index contributed by atoms with van der Waals surface area (Å²) in [5.41, 5.74) is 0.736. The van der Waals surface area contributed by atoms with E-state index in [2.05, 4.69) is 39.7 Å². The summed E-state index contributed by atoms with van der Waals surface area (Å²) in [5.74, 6) is 0.604. The zero-order chi connectivity index (χ0) is 14.5. The number of aromatic amines is 1. The SMILES string of the molecule is CC1(C)CC1c1nc(O)c(-c2ccc(Br)cc2)c(=O)[nH]1. The second-order valence-corrected chi connectivity index (χ2v) is 6.82. The number of benzene rings is 1. The number of aromatic hydroxyl groups is 1. The fraction of sp³-hybridized carbons (Fsp3) is 0.333. The molecule has 2 aromatic rings. The Hall–Kier alpha value is -1.62. The van der Waals surface area contributed by atoms with E-state index >= 15 is 0 Å². The quantitative estimate of drug-likeness (QED) is 0.884. The van der Waals surface area contributed by atoms with Crippen LogP contribution in [0.25, 0.3) is 11.1 Å². The van der Waals surface area contributed by atoms with E-state index in [0.717, 1.165) is 10.9 Å². The number of nitrogens with one attached hydrogen (secondary N) is 1. The molecule has 20 heavy (non-hydrogen) atoms. The minimum Gasteiger partial charge on any atom is -0.493 e. The van der Waals surface area contributed by atoms with Crippen molar-refractivity contribution in [1.29, 1.82) is 0 Å². The summed E-state index contributed by atoms with van der Waals surface area (Å²) >= 11 is 3.34. The van der Waals surface area contributed by atoms with Gasteiger partial charge in [0.2, 0.25) is 5.88 Å². The zero-order valence-corrected chi connectivity index (χ0v) is 12.9. The van der Waals surface area contributed by atoms with Crippen LogP contribution < -0.4 is 5.56 Å². The second kappa shape index (κ2) is 4.45. The number of halogens is 1. The highest BCUT2D eigenvalue weighted by Crippen LogP contribution is 2.57. The molecule has 1 saturated carbocycles. The zero-order valence-electron chi connectivity index (χ0n) is 11.3. The molecule has 0 radical (unpaired) electrons. The van der Waals surface area contributed by atoms with Gasteiger partial charge in [0, 0.05) is 10.4 Å². The van der Waals surface area contributed by atoms with Gasteiger partial charge in [-0.25, -0.2) is 0 Å². The molecule has 3 rings (SSSR count). The molecule has 5 heteroatoms. The average molecular weight is 335 g/mol. The summed E-state index contributed by atoms with van der Waals surface area (Å²) in [6.07, 6.45) is 0.979. The van der Waals surface area contributed by atoms with Crippen LogP contribution in [0.2, 0.25) is 0 Å². The van der Waals surface area contributed by atoms with Gasteiger partial charge in [-0.1, -0.05) is 41.9 Å². The Labute approximate surface area is 125 Å². The molecular formula is C15H15BrN2O2. The molecule has 0 bridgehead atoms. The number of rotatable bonds is 2. The lowest BCUT2D eigenvalue weighted by Crippen LogP contribution is -2.14. The molecule has 1 aliphatic carbocycles. The molecule has 2 N–H and O–H groups in total. The first-order chi connectivity index (χ1) is 9.38. The van der Waals surface area contributed by atoms with Gasteiger partial charge in [0.25, 0.3) is 5.56 Å². The maximum atomic E-state index is 12.2. The molecule has 1 aliphatic rings. The summed E-state index contributed by atoms with van der Waals surface area (Å²) in [6, 6.07) is 7.20. The van der Waals surface area contributed by atoms with Crippen LogP contribution in [-0.4, -0.2) is 15.1 Å². The van der Waals surface area contributed by atoms with Gasteiger partial charge in [0.05, 0.1) is 0 Å². The lowest BCUT2D eigenvalue weighted by Gasteiger charge is -2.07. The highest BCUT2D eigenvalue weighted by Gasteiger charge is 2.48. The number of hydrogen-bond donors (Lipinski definition) is 2. The van der Waals surface area contributed by atoms with Gasteiger partial charge < -0.3 is 10.1 Å². The molecule has 0 saturated heterocycles. The topological polar surface area (TPSA) is 66.0 Å². The third-order valence-electron chi connectivity index (χ3n) is 3.90. The van der Waals surface area contributed by atoms with Crippen LogP contribution in [0.1, 0.15) is 32.0 Å². The molecule has 1 heterocycles. The molecule has 1 fully saturated rings. The second-order valence-electron chi connectivity index (χ2n) is 5.90. The van der Waals surface area contributed by atoms with Gasteiger partial charge in [-0.2, -0.15) is 4.98 Å². The first-order valence-electron chi connectivity index (χ1n) is 6.47. The molecule has 0 amide bonds. The Morgan fingerprint density at radius 3 is 2.45 bits per heavy atom. The Bertz CT molecular complexity index is 720. The summed E-state index contributed by atoms with van der Waals surface area (Å²) in [7, 11) is 0. The van der Waals surface area contributed by atoms with Gasteiger partial charge in [0.15, 0.2) is 0 Å². The monoisotopic (exact) mass is 334 g/mol. The summed E-state index contributed by atoms with van der Waals surface area (Å²) in [4.78, 5) is 19.2. The largest absolute Gasteiger partial charge is 0.493 e. The van der Waals surface area contributed by atoms with E-state index in [9.17, 15) is 9.90 Å². The van der Waals surface area contributed by atoms with E-state index in [-0.39, 0.29) is 28.3 Å². The first-order valence-corrected chi connectivity index (χ1v) is 7.27. The highest BCUT2D eigenvalue weighted by atomic mass is 79.9. The normalized spacial score (nSPS) is 19.9. The minimum atomic E-state index is -0.294. The van der Waals surface area contributed by atoms with E-state index in [1.165, 1.54) is 0 Å². The fourth-order valence-electron chi connectivity index (χ4n) is 2.45. The molecule has 0 spiro atoms. The van der Waals surface area contributed by atoms with Crippen LogP contribution in [0, 0.1) is 5.41 Å². The number of H-pyrrole nitrogens is 1. The Morgan fingerprint density at radius 2 is 1.95 bits per heavy atom. The van der Waals surface area contributed by atoms with Crippen molar-refractivity contribution in [2.45, 2.75) is 26.2 Å². The Balaban J connectivity index is 2.06. The third kappa shape index (κ3) is 2.26. The highest BCUT2D eigenvalue weighted by molar-refractivity contribution is 9.10. The lowest BCUT2D eigenvalue weighted by molar-refractivity contribution is 0.448. The number of aromatic nitrogens is 2. The van der Waals surface area contributed by atoms with E-state index in [1.807, 2.05) is 12.1 Å². The predicted octanol–water partition coefficient (Wildman–Crippen LogP) is 3.42. The molecule has 1 aromatic heterocycles. The van der Waals surface area contributed by atoms with Crippen molar-refractivity contribution < 1.29 is 5.11 Å². The van der Waals surface area contributed by atoms with Crippen molar-refractivity contribution >= 4 is 15.9 Å². The van der Waals surface area contributed by atoms with Gasteiger partial charge in [-0.05, 0) is 29.5 Å². The van der Waals surface area contributed by atoms with Gasteiger partial charge >= 0.3 is 0 Å². The van der Waals surface area contributed by atoms with E-state index < -0.39 is 0 Å². The van der Waals surface area contributed by atoms with Crippen LogP contribution in [0.15, 0.2) is 33.5 Å². The van der Waals surface area contributed by atoms with Crippen molar-refractivity contribution in [3.8, 4) is 17.0 Å². The average Bonchev–Trinajstić information content (AvgIpc) is 3.00. The minimum absolute atomic E-state index is 0.154. The molecule has 1 aromatic carbocycles. The molecule has 1 atom stereocenters. The molecule has 1 unspecified atom stereocenters. The molecule has 4 nitrogen and oxygen atoms in total. The van der Waals surface area contributed by atoms with Crippen molar-refractivity contribution in [2.24, 2.45) is 5.41 Å². The lowest BCUT2D eigenvalue weighted by atomic mass is 10.1. The summed E-state index contributed by atoms with van der Waals surface area (Å²) in [6.45, 7) is 4.24. The number of nitrogens with zero attached hydrogens (tertiary/aromatic N) is 1. The van der Waals surface area contributed by atoms with E-state index in [4.69, 9.17) is 0 Å². The van der Waals surface area contributed by atoms with Gasteiger partial charge in [-0.3, -0.25) is 4.79 Å². The number of hydrogen-bond acceptors (Lipinski definition) is 3. The van der Waals surface area contributed by atoms with Crippen LogP contribution in [0.4, 0.5) is 0 Å². The summed E-state index contributed by atoms with van der Waals surface area (Å²) < 4.78 is 0.918. The van der Waals surface area contributed by atoms with E-state index in [0.29, 0.717) is 11.4 Å². The maximum Gasteiger partial charge on any atom is 0.262 e. The summed E-state index contributed by atoms with van der Waals surface area (Å²) in [5, 5.41) is 10.1. The van der Waals surface area contributed by atoms with Crippen LogP contribution in [0.5, 0.6) is 5.88 Å². The fourth-order valence-corrected chi connectivity index (χ4v) is 2.72. The predicted molar refractivity (Wildman–Crippen MR) is 80.8 cm³/mol. The third-order valence-corrected chi connectivity index (χ3v) is 4.42. The standard InChI is InChI=1S/C15H15BrN2O2/c1-15(2)7-10(15)12-17-13(19)11(14(20)18-12)8-3-5-9(16)6-4-8/h3-6,10H,7H2,1-2H3,(H2,17,18,19,20). The van der Waals surface area contributed by atoms with Crippen molar-refractivity contribution in [3.63, 3.8) is 0 Å². The molecule has 104 valence electrons. The first kappa shape index (κ1) is 13.4. The van der Waals surface area contributed by atoms with Gasteiger partial charge in [-0.15, -0.1) is 0 Å². The Morgan fingerprint density at radius 1 is 1.35 bits per heavy atom. The van der Waals surface area contributed by atoms with Crippen LogP contribution in [0.3, 0.4) is 0 Å². The van der Waals surface area contributed by atoms with Crippen molar-refractivity contribution in [1.82, 2.24) is 9.97 Å². The van der Waals surface area contributed by atoms with Crippen LogP contribution >= 0.6 is 15.9 Å². The van der Waals surface area contributed by atoms with Gasteiger partial charge in [0.1, 0.15) is 11.4 Å².